The van der Waals surface area contributed by atoms with Crippen LogP contribution in [-0.2, 0) is 0 Å². The van der Waals surface area contributed by atoms with Crippen LogP contribution < -0.4 is 11.1 Å². The number of amides is 1. The maximum atomic E-state index is 11.9. The average molecular weight is 360 g/mol. The summed E-state index contributed by atoms with van der Waals surface area (Å²) in [5, 5.41) is 7.40. The number of halogens is 1. The van der Waals surface area contributed by atoms with Gasteiger partial charge < -0.3 is 11.1 Å². The monoisotopic (exact) mass is 359 g/mol. The smallest absolute Gasteiger partial charge is 0.270 e. The number of hydrogen-bond acceptors (Lipinski definition) is 5. The highest BCUT2D eigenvalue weighted by atomic mass is 79.9. The predicted octanol–water partition coefficient (Wildman–Crippen LogP) is 3.10. The van der Waals surface area contributed by atoms with E-state index in [0.29, 0.717) is 12.2 Å². The van der Waals surface area contributed by atoms with E-state index in [2.05, 4.69) is 26.2 Å². The van der Waals surface area contributed by atoms with Gasteiger partial charge in [-0.3, -0.25) is 4.79 Å². The van der Waals surface area contributed by atoms with Crippen LogP contribution in [0.5, 0.6) is 0 Å². The number of carbonyl (C=O) groups excluding carboxylic acids is 1. The van der Waals surface area contributed by atoms with E-state index < -0.39 is 5.54 Å². The Labute approximate surface area is 128 Å². The molecule has 4 nitrogen and oxygen atoms in total. The van der Waals surface area contributed by atoms with Crippen molar-refractivity contribution in [2.45, 2.75) is 19.4 Å². The molecule has 2 aromatic rings. The molecule has 2 heterocycles. The number of thiazole rings is 1. The number of aromatic nitrogens is 1. The zero-order chi connectivity index (χ0) is 14.0. The lowest BCUT2D eigenvalue weighted by Crippen LogP contribution is -2.45. The summed E-state index contributed by atoms with van der Waals surface area (Å²) in [6.45, 7) is 4.15. The van der Waals surface area contributed by atoms with E-state index in [9.17, 15) is 4.79 Å². The fourth-order valence-electron chi connectivity index (χ4n) is 1.32. The SMILES string of the molecule is CC(C)(N)CNC(=O)c1csc(-c2cc(Br)cs2)n1. The van der Waals surface area contributed by atoms with Gasteiger partial charge in [-0.25, -0.2) is 4.98 Å². The topological polar surface area (TPSA) is 68.0 Å². The van der Waals surface area contributed by atoms with Gasteiger partial charge in [0.05, 0.1) is 4.88 Å². The molecule has 0 saturated carbocycles. The Balaban J connectivity index is 2.07. The summed E-state index contributed by atoms with van der Waals surface area (Å²) in [5.41, 5.74) is 5.84. The first-order chi connectivity index (χ1) is 8.85. The van der Waals surface area contributed by atoms with Gasteiger partial charge >= 0.3 is 0 Å². The molecule has 0 radical (unpaired) electrons. The largest absolute Gasteiger partial charge is 0.349 e. The average Bonchev–Trinajstić information content (AvgIpc) is 2.93. The van der Waals surface area contributed by atoms with Crippen LogP contribution in [0.25, 0.3) is 9.88 Å². The van der Waals surface area contributed by atoms with E-state index in [1.807, 2.05) is 25.3 Å². The fraction of sp³-hybridized carbons (Fsp3) is 0.333. The van der Waals surface area contributed by atoms with Crippen molar-refractivity contribution in [2.24, 2.45) is 5.73 Å². The molecule has 0 fully saturated rings. The third-order valence-electron chi connectivity index (χ3n) is 2.22. The Morgan fingerprint density at radius 3 is 2.79 bits per heavy atom. The van der Waals surface area contributed by atoms with Gasteiger partial charge in [0.25, 0.3) is 5.91 Å². The van der Waals surface area contributed by atoms with Crippen molar-refractivity contribution in [1.29, 1.82) is 0 Å². The maximum absolute atomic E-state index is 11.9. The highest BCUT2D eigenvalue weighted by Crippen LogP contribution is 2.31. The fourth-order valence-corrected chi connectivity index (χ4v) is 3.62. The van der Waals surface area contributed by atoms with Crippen molar-refractivity contribution in [1.82, 2.24) is 10.3 Å². The van der Waals surface area contributed by atoms with Gasteiger partial charge in [0.2, 0.25) is 0 Å². The summed E-state index contributed by atoms with van der Waals surface area (Å²) in [5.74, 6) is -0.184. The number of nitrogens with two attached hydrogens (primary N) is 1. The van der Waals surface area contributed by atoms with Gasteiger partial charge in [-0.05, 0) is 35.8 Å². The molecule has 0 aliphatic rings. The van der Waals surface area contributed by atoms with E-state index in [1.54, 1.807) is 16.7 Å². The normalized spacial score (nSPS) is 11.6. The van der Waals surface area contributed by atoms with Gasteiger partial charge in [-0.15, -0.1) is 22.7 Å². The number of carbonyl (C=O) groups is 1. The Morgan fingerprint density at radius 1 is 1.47 bits per heavy atom. The molecule has 0 bridgehead atoms. The molecule has 0 aliphatic carbocycles. The van der Waals surface area contributed by atoms with Crippen LogP contribution in [0.15, 0.2) is 21.3 Å². The highest BCUT2D eigenvalue weighted by Gasteiger charge is 2.16. The number of thiophene rings is 1. The Bertz CT molecular complexity index is 586. The Morgan fingerprint density at radius 2 is 2.21 bits per heavy atom. The minimum Gasteiger partial charge on any atom is -0.349 e. The number of nitrogens with zero attached hydrogens (tertiary/aromatic N) is 1. The van der Waals surface area contributed by atoms with Gasteiger partial charge in [-0.2, -0.15) is 0 Å². The van der Waals surface area contributed by atoms with Crippen molar-refractivity contribution in [3.05, 3.63) is 27.0 Å². The van der Waals surface area contributed by atoms with Crippen LogP contribution in [0.1, 0.15) is 24.3 Å². The first kappa shape index (κ1) is 14.6. The third-order valence-corrected chi connectivity index (χ3v) is 4.92. The lowest BCUT2D eigenvalue weighted by molar-refractivity contribution is 0.0942. The molecule has 1 amide bonds. The van der Waals surface area contributed by atoms with E-state index in [-0.39, 0.29) is 5.91 Å². The van der Waals surface area contributed by atoms with Gasteiger partial charge in [0, 0.05) is 27.3 Å². The van der Waals surface area contributed by atoms with Crippen molar-refractivity contribution >= 4 is 44.5 Å². The standard InChI is InChI=1S/C12H14BrN3OS2/c1-12(2,14)6-15-10(17)8-5-19-11(16-8)9-3-7(13)4-18-9/h3-5H,6,14H2,1-2H3,(H,15,17). The van der Waals surface area contributed by atoms with Gasteiger partial charge in [0.15, 0.2) is 0 Å². The molecule has 0 unspecified atom stereocenters. The molecule has 7 heteroatoms. The zero-order valence-corrected chi connectivity index (χ0v) is 13.8. The molecular weight excluding hydrogens is 346 g/mol. The van der Waals surface area contributed by atoms with Crippen molar-refractivity contribution in [2.75, 3.05) is 6.54 Å². The minimum atomic E-state index is -0.423. The summed E-state index contributed by atoms with van der Waals surface area (Å²) >= 11 is 6.46. The number of rotatable bonds is 4. The molecule has 19 heavy (non-hydrogen) atoms. The van der Waals surface area contributed by atoms with Crippen molar-refractivity contribution < 1.29 is 4.79 Å². The highest BCUT2D eigenvalue weighted by molar-refractivity contribution is 9.10. The summed E-state index contributed by atoms with van der Waals surface area (Å²) in [6.07, 6.45) is 0. The van der Waals surface area contributed by atoms with Gasteiger partial charge in [0.1, 0.15) is 10.7 Å². The van der Waals surface area contributed by atoms with E-state index in [1.165, 1.54) is 11.3 Å². The number of nitrogens with one attached hydrogen (secondary N) is 1. The summed E-state index contributed by atoms with van der Waals surface area (Å²) < 4.78 is 1.03. The number of hydrogen-bond donors (Lipinski definition) is 2. The minimum absolute atomic E-state index is 0.184. The second-order valence-electron chi connectivity index (χ2n) is 4.84. The van der Waals surface area contributed by atoms with Crippen LogP contribution in [0.3, 0.4) is 0 Å². The molecule has 0 atom stereocenters. The zero-order valence-electron chi connectivity index (χ0n) is 10.6. The molecule has 0 saturated heterocycles. The second-order valence-corrected chi connectivity index (χ2v) is 7.52. The first-order valence-corrected chi connectivity index (χ1v) is 8.17. The Hall–Kier alpha value is -0.760. The molecule has 2 aromatic heterocycles. The summed E-state index contributed by atoms with van der Waals surface area (Å²) in [6, 6.07) is 1.99. The van der Waals surface area contributed by atoms with Gasteiger partial charge in [-0.1, -0.05) is 0 Å². The quantitative estimate of drug-likeness (QED) is 0.880. The van der Waals surface area contributed by atoms with Crippen LogP contribution in [-0.4, -0.2) is 23.0 Å². The van der Waals surface area contributed by atoms with Crippen molar-refractivity contribution in [3.63, 3.8) is 0 Å². The van der Waals surface area contributed by atoms with Crippen molar-refractivity contribution in [3.8, 4) is 9.88 Å². The van der Waals surface area contributed by atoms with Crippen LogP contribution in [0.4, 0.5) is 0 Å². The molecule has 0 aliphatic heterocycles. The summed E-state index contributed by atoms with van der Waals surface area (Å²) in [7, 11) is 0. The molecular formula is C12H14BrN3OS2. The van der Waals surface area contributed by atoms with Crippen LogP contribution >= 0.6 is 38.6 Å². The molecule has 2 rings (SSSR count). The van der Waals surface area contributed by atoms with Crippen LogP contribution in [0.2, 0.25) is 0 Å². The summed E-state index contributed by atoms with van der Waals surface area (Å²) in [4.78, 5) is 17.3. The van der Waals surface area contributed by atoms with E-state index in [0.717, 1.165) is 14.4 Å². The lowest BCUT2D eigenvalue weighted by Gasteiger charge is -2.18. The van der Waals surface area contributed by atoms with E-state index >= 15 is 0 Å². The third kappa shape index (κ3) is 4.10. The van der Waals surface area contributed by atoms with E-state index in [4.69, 9.17) is 5.73 Å². The predicted molar refractivity (Wildman–Crippen MR) is 83.7 cm³/mol. The lowest BCUT2D eigenvalue weighted by atomic mass is 10.1. The Kier molecular flexibility index (Phi) is 4.39. The first-order valence-electron chi connectivity index (χ1n) is 5.62. The maximum Gasteiger partial charge on any atom is 0.270 e. The molecule has 0 spiro atoms. The molecule has 102 valence electrons. The van der Waals surface area contributed by atoms with Crippen LogP contribution in [0, 0.1) is 0 Å². The second kappa shape index (κ2) is 5.70. The molecule has 0 aromatic carbocycles. The molecule has 3 N–H and O–H groups in total.